The second kappa shape index (κ2) is 3.72. The number of aryl methyl sites for hydroxylation is 1. The maximum Gasteiger partial charge on any atom is 0.0618 e. The van der Waals surface area contributed by atoms with Crippen LogP contribution in [0.1, 0.15) is 5.56 Å². The van der Waals surface area contributed by atoms with Crippen molar-refractivity contribution < 1.29 is 0 Å². The zero-order valence-corrected chi connectivity index (χ0v) is 8.77. The van der Waals surface area contributed by atoms with Crippen LogP contribution < -0.4 is 11.1 Å². The number of hydrogen-bond donors (Lipinski definition) is 2. The normalized spacial score (nSPS) is 10.1. The quantitative estimate of drug-likeness (QED) is 0.736. The lowest BCUT2D eigenvalue weighted by atomic mass is 10.2. The third-order valence-corrected chi connectivity index (χ3v) is 2.69. The van der Waals surface area contributed by atoms with E-state index < -0.39 is 0 Å². The Hall–Kier alpha value is -1.48. The molecule has 3 N–H and O–H groups in total. The minimum atomic E-state index is 0.788. The van der Waals surface area contributed by atoms with E-state index in [9.17, 15) is 0 Å². The summed E-state index contributed by atoms with van der Waals surface area (Å²) in [6.45, 7) is 2.03. The molecule has 0 saturated carbocycles. The minimum absolute atomic E-state index is 0.788. The van der Waals surface area contributed by atoms with Gasteiger partial charge in [-0.05, 0) is 36.1 Å². The number of benzene rings is 1. The molecule has 0 bridgehead atoms. The van der Waals surface area contributed by atoms with Gasteiger partial charge in [0.25, 0.3) is 0 Å². The van der Waals surface area contributed by atoms with E-state index in [-0.39, 0.29) is 0 Å². The molecule has 1 aromatic carbocycles. The molecule has 0 amide bonds. The summed E-state index contributed by atoms with van der Waals surface area (Å²) in [5.41, 5.74) is 9.90. The van der Waals surface area contributed by atoms with Gasteiger partial charge in [0.15, 0.2) is 0 Å². The molecular formula is C11H12N2S. The van der Waals surface area contributed by atoms with Crippen LogP contribution in [0.25, 0.3) is 0 Å². The molecule has 72 valence electrons. The van der Waals surface area contributed by atoms with Gasteiger partial charge in [-0.1, -0.05) is 6.07 Å². The third kappa shape index (κ3) is 1.88. The Morgan fingerprint density at radius 2 is 2.14 bits per heavy atom. The monoisotopic (exact) mass is 204 g/mol. The molecule has 0 aliphatic carbocycles. The molecule has 1 aromatic heterocycles. The minimum Gasteiger partial charge on any atom is -0.397 e. The number of anilines is 3. The first-order valence-electron chi connectivity index (χ1n) is 4.41. The predicted octanol–water partition coefficient (Wildman–Crippen LogP) is 3.38. The summed E-state index contributed by atoms with van der Waals surface area (Å²) in [7, 11) is 0. The number of nitrogen functional groups attached to an aromatic ring is 1. The molecule has 0 saturated heterocycles. The smallest absolute Gasteiger partial charge is 0.0618 e. The van der Waals surface area contributed by atoms with Crippen LogP contribution in [0.5, 0.6) is 0 Å². The maximum atomic E-state index is 5.88. The first-order chi connectivity index (χ1) is 6.75. The van der Waals surface area contributed by atoms with Gasteiger partial charge in [0.1, 0.15) is 0 Å². The number of thiophene rings is 1. The Balaban J connectivity index is 2.25. The van der Waals surface area contributed by atoms with Crippen LogP contribution >= 0.6 is 11.3 Å². The highest BCUT2D eigenvalue weighted by molar-refractivity contribution is 7.08. The zero-order chi connectivity index (χ0) is 9.97. The van der Waals surface area contributed by atoms with Crippen molar-refractivity contribution in [1.82, 2.24) is 0 Å². The van der Waals surface area contributed by atoms with Crippen LogP contribution in [0.15, 0.2) is 35.0 Å². The second-order valence-corrected chi connectivity index (χ2v) is 4.01. The SMILES string of the molecule is Cc1ccc(Nc2ccsc2)c(N)c1. The van der Waals surface area contributed by atoms with E-state index in [4.69, 9.17) is 5.73 Å². The Kier molecular flexibility index (Phi) is 2.41. The van der Waals surface area contributed by atoms with Gasteiger partial charge in [-0.3, -0.25) is 0 Å². The first kappa shape index (κ1) is 9.09. The van der Waals surface area contributed by atoms with Crippen LogP contribution in [0.2, 0.25) is 0 Å². The highest BCUT2D eigenvalue weighted by Crippen LogP contribution is 2.24. The summed E-state index contributed by atoms with van der Waals surface area (Å²) >= 11 is 1.66. The lowest BCUT2D eigenvalue weighted by Crippen LogP contribution is -1.95. The summed E-state index contributed by atoms with van der Waals surface area (Å²) in [4.78, 5) is 0. The second-order valence-electron chi connectivity index (χ2n) is 3.23. The molecule has 3 heteroatoms. The molecule has 2 aromatic rings. The Morgan fingerprint density at radius 1 is 1.29 bits per heavy atom. The summed E-state index contributed by atoms with van der Waals surface area (Å²) in [5, 5.41) is 7.35. The van der Waals surface area contributed by atoms with Crippen molar-refractivity contribution >= 4 is 28.4 Å². The maximum absolute atomic E-state index is 5.88. The summed E-state index contributed by atoms with van der Waals surface area (Å²) in [6.07, 6.45) is 0. The highest BCUT2D eigenvalue weighted by atomic mass is 32.1. The van der Waals surface area contributed by atoms with E-state index in [1.54, 1.807) is 11.3 Å². The fourth-order valence-corrected chi connectivity index (χ4v) is 1.87. The third-order valence-electron chi connectivity index (χ3n) is 2.01. The molecule has 0 fully saturated rings. The van der Waals surface area contributed by atoms with Crippen LogP contribution in [0, 0.1) is 6.92 Å². The average molecular weight is 204 g/mol. The van der Waals surface area contributed by atoms with Gasteiger partial charge < -0.3 is 11.1 Å². The Labute approximate surface area is 87.4 Å². The van der Waals surface area contributed by atoms with E-state index in [1.165, 1.54) is 5.56 Å². The zero-order valence-electron chi connectivity index (χ0n) is 7.95. The van der Waals surface area contributed by atoms with Crippen molar-refractivity contribution in [2.75, 3.05) is 11.1 Å². The summed E-state index contributed by atoms with van der Waals surface area (Å²) in [5.74, 6) is 0. The summed E-state index contributed by atoms with van der Waals surface area (Å²) < 4.78 is 0. The molecule has 0 aliphatic heterocycles. The van der Waals surface area contributed by atoms with Gasteiger partial charge >= 0.3 is 0 Å². The predicted molar refractivity (Wildman–Crippen MR) is 63.2 cm³/mol. The van der Waals surface area contributed by atoms with Gasteiger partial charge in [0.05, 0.1) is 11.4 Å². The van der Waals surface area contributed by atoms with E-state index in [2.05, 4.69) is 10.7 Å². The molecule has 0 aliphatic rings. The molecule has 0 atom stereocenters. The number of nitrogens with one attached hydrogen (secondary N) is 1. The van der Waals surface area contributed by atoms with Gasteiger partial charge in [0, 0.05) is 11.1 Å². The van der Waals surface area contributed by atoms with Crippen molar-refractivity contribution in [1.29, 1.82) is 0 Å². The number of hydrogen-bond acceptors (Lipinski definition) is 3. The van der Waals surface area contributed by atoms with Crippen molar-refractivity contribution in [3.8, 4) is 0 Å². The van der Waals surface area contributed by atoms with Gasteiger partial charge in [0.2, 0.25) is 0 Å². The highest BCUT2D eigenvalue weighted by Gasteiger charge is 1.99. The molecule has 1 heterocycles. The molecule has 0 unspecified atom stereocenters. The van der Waals surface area contributed by atoms with Crippen LogP contribution in [-0.4, -0.2) is 0 Å². The van der Waals surface area contributed by atoms with Gasteiger partial charge in [-0.2, -0.15) is 11.3 Å². The standard InChI is InChI=1S/C11H12N2S/c1-8-2-3-11(10(12)6-8)13-9-4-5-14-7-9/h2-7,13H,12H2,1H3. The average Bonchev–Trinajstić information content (AvgIpc) is 2.62. The van der Waals surface area contributed by atoms with Gasteiger partial charge in [-0.25, -0.2) is 0 Å². The van der Waals surface area contributed by atoms with Crippen LogP contribution in [0.3, 0.4) is 0 Å². The van der Waals surface area contributed by atoms with Crippen LogP contribution in [-0.2, 0) is 0 Å². The Bertz CT molecular complexity index is 421. The fraction of sp³-hybridized carbons (Fsp3) is 0.0909. The number of nitrogens with two attached hydrogens (primary N) is 1. The largest absolute Gasteiger partial charge is 0.397 e. The molecule has 2 rings (SSSR count). The van der Waals surface area contributed by atoms with E-state index in [1.807, 2.05) is 36.6 Å². The first-order valence-corrected chi connectivity index (χ1v) is 5.35. The van der Waals surface area contributed by atoms with Crippen molar-refractivity contribution in [2.45, 2.75) is 6.92 Å². The topological polar surface area (TPSA) is 38.0 Å². The van der Waals surface area contributed by atoms with Crippen molar-refractivity contribution in [3.05, 3.63) is 40.6 Å². The van der Waals surface area contributed by atoms with Gasteiger partial charge in [-0.15, -0.1) is 0 Å². The summed E-state index contributed by atoms with van der Waals surface area (Å²) in [6, 6.07) is 8.05. The van der Waals surface area contributed by atoms with E-state index in [0.717, 1.165) is 17.1 Å². The molecule has 0 spiro atoms. The molecular weight excluding hydrogens is 192 g/mol. The Morgan fingerprint density at radius 3 is 2.79 bits per heavy atom. The fourth-order valence-electron chi connectivity index (χ4n) is 1.29. The molecule has 2 nitrogen and oxygen atoms in total. The lowest BCUT2D eigenvalue weighted by Gasteiger charge is -2.07. The number of rotatable bonds is 2. The van der Waals surface area contributed by atoms with Crippen molar-refractivity contribution in [2.24, 2.45) is 0 Å². The van der Waals surface area contributed by atoms with Crippen LogP contribution in [0.4, 0.5) is 17.1 Å². The molecule has 0 radical (unpaired) electrons. The molecule has 14 heavy (non-hydrogen) atoms. The van der Waals surface area contributed by atoms with Crippen molar-refractivity contribution in [3.63, 3.8) is 0 Å². The van der Waals surface area contributed by atoms with E-state index >= 15 is 0 Å². The lowest BCUT2D eigenvalue weighted by molar-refractivity contribution is 1.46. The van der Waals surface area contributed by atoms with E-state index in [0.29, 0.717) is 0 Å².